The van der Waals surface area contributed by atoms with E-state index in [9.17, 15) is 14.4 Å². The van der Waals surface area contributed by atoms with Crippen LogP contribution in [-0.4, -0.2) is 54.1 Å². The average molecular weight is 417 g/mol. The average Bonchev–Trinajstić information content (AvgIpc) is 2.64. The monoisotopic (exact) mass is 416 g/mol. The van der Waals surface area contributed by atoms with Gasteiger partial charge in [-0.05, 0) is 20.3 Å². The number of amides is 1. The molecule has 0 aromatic heterocycles. The van der Waals surface area contributed by atoms with Crippen LogP contribution in [0, 0.1) is 0 Å². The van der Waals surface area contributed by atoms with Crippen molar-refractivity contribution in [3.8, 4) is 0 Å². The number of unbranched alkanes of at least 4 members (excludes halogenated alkanes) is 8. The van der Waals surface area contributed by atoms with Gasteiger partial charge in [-0.2, -0.15) is 0 Å². The Morgan fingerprint density at radius 3 is 1.86 bits per heavy atom. The number of hydrogen-bond donors (Lipinski definition) is 2. The van der Waals surface area contributed by atoms with Crippen LogP contribution in [0.3, 0.4) is 0 Å². The van der Waals surface area contributed by atoms with Gasteiger partial charge in [0.15, 0.2) is 0 Å². The highest BCUT2D eigenvalue weighted by Gasteiger charge is 2.09. The molecule has 0 aromatic carbocycles. The summed E-state index contributed by atoms with van der Waals surface area (Å²) >= 11 is 0. The fraction of sp³-hybridized carbons (Fsp3) is 0.864. The number of ether oxygens (including phenoxy) is 1. The summed E-state index contributed by atoms with van der Waals surface area (Å²) < 4.78 is 4.77. The molecule has 0 unspecified atom stereocenters. The lowest BCUT2D eigenvalue weighted by Gasteiger charge is -2.15. The summed E-state index contributed by atoms with van der Waals surface area (Å²) in [5.41, 5.74) is 5.10. The molecular formula is C22H44N2O5. The first kappa shape index (κ1) is 29.6. The van der Waals surface area contributed by atoms with Crippen LogP contribution in [0.2, 0.25) is 0 Å². The number of carboxylic acids is 1. The van der Waals surface area contributed by atoms with Crippen molar-refractivity contribution in [2.75, 3.05) is 20.1 Å². The SMILES string of the molecule is CC(C)OC(=O)CCN.CCCCCCCCCCCC(=O)N(C)CCC(=O)O. The molecule has 0 radical (unpaired) electrons. The molecule has 7 nitrogen and oxygen atoms in total. The van der Waals surface area contributed by atoms with Crippen LogP contribution < -0.4 is 5.73 Å². The highest BCUT2D eigenvalue weighted by atomic mass is 16.5. The molecule has 1 amide bonds. The number of nitrogens with zero attached hydrogens (tertiary/aromatic N) is 1. The lowest BCUT2D eigenvalue weighted by atomic mass is 10.1. The Kier molecular flexibility index (Phi) is 21.5. The van der Waals surface area contributed by atoms with E-state index in [0.29, 0.717) is 25.9 Å². The lowest BCUT2D eigenvalue weighted by Crippen LogP contribution is -2.28. The smallest absolute Gasteiger partial charge is 0.307 e. The Morgan fingerprint density at radius 1 is 0.897 bits per heavy atom. The van der Waals surface area contributed by atoms with Crippen molar-refractivity contribution < 1.29 is 24.2 Å². The van der Waals surface area contributed by atoms with Gasteiger partial charge in [0.05, 0.1) is 18.9 Å². The molecule has 0 aromatic rings. The van der Waals surface area contributed by atoms with E-state index in [1.54, 1.807) is 7.05 Å². The molecule has 7 heteroatoms. The summed E-state index contributed by atoms with van der Waals surface area (Å²) in [5, 5.41) is 8.56. The summed E-state index contributed by atoms with van der Waals surface area (Å²) in [4.78, 5) is 34.2. The van der Waals surface area contributed by atoms with Gasteiger partial charge in [-0.1, -0.05) is 58.3 Å². The number of aliphatic carboxylic acids is 1. The second-order valence-corrected chi connectivity index (χ2v) is 7.61. The highest BCUT2D eigenvalue weighted by Crippen LogP contribution is 2.11. The Hall–Kier alpha value is -1.63. The molecule has 29 heavy (non-hydrogen) atoms. The molecule has 0 aliphatic rings. The van der Waals surface area contributed by atoms with Gasteiger partial charge in [0.25, 0.3) is 0 Å². The van der Waals surface area contributed by atoms with Crippen LogP contribution in [0.25, 0.3) is 0 Å². The molecule has 0 aliphatic heterocycles. The minimum atomic E-state index is -0.854. The van der Waals surface area contributed by atoms with Crippen LogP contribution in [0.1, 0.15) is 97.8 Å². The van der Waals surface area contributed by atoms with Crippen molar-refractivity contribution in [2.24, 2.45) is 5.73 Å². The van der Waals surface area contributed by atoms with E-state index in [4.69, 9.17) is 15.6 Å². The molecular weight excluding hydrogens is 372 g/mol. The van der Waals surface area contributed by atoms with E-state index in [-0.39, 0.29) is 24.4 Å². The highest BCUT2D eigenvalue weighted by molar-refractivity contribution is 5.76. The van der Waals surface area contributed by atoms with Crippen LogP contribution in [0.5, 0.6) is 0 Å². The number of nitrogens with two attached hydrogens (primary N) is 1. The van der Waals surface area contributed by atoms with Gasteiger partial charge in [0.2, 0.25) is 5.91 Å². The molecule has 0 saturated carbocycles. The van der Waals surface area contributed by atoms with Gasteiger partial charge in [-0.3, -0.25) is 14.4 Å². The molecule has 0 spiro atoms. The Bertz CT molecular complexity index is 427. The van der Waals surface area contributed by atoms with Gasteiger partial charge in [0.1, 0.15) is 0 Å². The summed E-state index contributed by atoms with van der Waals surface area (Å²) in [6.07, 6.45) is 12.0. The zero-order valence-electron chi connectivity index (χ0n) is 19.1. The molecule has 0 saturated heterocycles. The molecule has 0 bridgehead atoms. The first-order chi connectivity index (χ1) is 13.7. The summed E-state index contributed by atoms with van der Waals surface area (Å²) in [7, 11) is 1.68. The van der Waals surface area contributed by atoms with E-state index in [0.717, 1.165) is 12.8 Å². The van der Waals surface area contributed by atoms with Crippen molar-refractivity contribution in [2.45, 2.75) is 104 Å². The second kappa shape index (κ2) is 21.1. The number of carbonyl (C=O) groups is 3. The zero-order valence-corrected chi connectivity index (χ0v) is 19.1. The van der Waals surface area contributed by atoms with Gasteiger partial charge in [-0.25, -0.2) is 0 Å². The van der Waals surface area contributed by atoms with E-state index in [1.807, 2.05) is 13.8 Å². The van der Waals surface area contributed by atoms with Crippen LogP contribution >= 0.6 is 0 Å². The maximum absolute atomic E-state index is 11.7. The fourth-order valence-electron chi connectivity index (χ4n) is 2.61. The molecule has 0 aliphatic carbocycles. The third kappa shape index (κ3) is 24.3. The number of hydrogen-bond acceptors (Lipinski definition) is 5. The standard InChI is InChI=1S/C16H31NO3.C6H13NO2/c1-3-4-5-6-7-8-9-10-11-12-15(18)17(2)14-13-16(19)20;1-5(2)9-6(8)3-4-7/h3-14H2,1-2H3,(H,19,20);5H,3-4,7H2,1-2H3. The molecule has 3 N–H and O–H groups in total. The van der Waals surface area contributed by atoms with Gasteiger partial charge in [-0.15, -0.1) is 0 Å². The van der Waals surface area contributed by atoms with E-state index in [2.05, 4.69) is 6.92 Å². The number of rotatable bonds is 16. The molecule has 0 heterocycles. The van der Waals surface area contributed by atoms with Crippen molar-refractivity contribution in [1.29, 1.82) is 0 Å². The Morgan fingerprint density at radius 2 is 1.41 bits per heavy atom. The Balaban J connectivity index is 0. The molecule has 172 valence electrons. The summed E-state index contributed by atoms with van der Waals surface area (Å²) in [5.74, 6) is -1.01. The van der Waals surface area contributed by atoms with Gasteiger partial charge < -0.3 is 20.5 Å². The minimum absolute atomic E-state index is 0.0240. The fourth-order valence-corrected chi connectivity index (χ4v) is 2.61. The van der Waals surface area contributed by atoms with Crippen LogP contribution in [0.15, 0.2) is 0 Å². The molecule has 0 rings (SSSR count). The first-order valence-corrected chi connectivity index (χ1v) is 11.1. The number of carboxylic acid groups (broad SMARTS) is 1. The van der Waals surface area contributed by atoms with E-state index in [1.165, 1.54) is 49.8 Å². The Labute approximate surface area is 177 Å². The van der Waals surface area contributed by atoms with Crippen molar-refractivity contribution >= 4 is 17.8 Å². The van der Waals surface area contributed by atoms with Crippen LogP contribution in [0.4, 0.5) is 0 Å². The summed E-state index contributed by atoms with van der Waals surface area (Å²) in [6, 6.07) is 0. The third-order valence-corrected chi connectivity index (χ3v) is 4.30. The predicted octanol–water partition coefficient (Wildman–Crippen LogP) is 4.13. The van der Waals surface area contributed by atoms with Gasteiger partial charge in [0, 0.05) is 26.6 Å². The number of esters is 1. The molecule has 0 fully saturated rings. The number of carbonyl (C=O) groups excluding carboxylic acids is 2. The predicted molar refractivity (Wildman–Crippen MR) is 117 cm³/mol. The second-order valence-electron chi connectivity index (χ2n) is 7.61. The van der Waals surface area contributed by atoms with Crippen molar-refractivity contribution in [1.82, 2.24) is 4.90 Å². The maximum atomic E-state index is 11.7. The topological polar surface area (TPSA) is 110 Å². The molecule has 0 atom stereocenters. The largest absolute Gasteiger partial charge is 0.481 e. The minimum Gasteiger partial charge on any atom is -0.481 e. The third-order valence-electron chi connectivity index (χ3n) is 4.30. The van der Waals surface area contributed by atoms with Gasteiger partial charge >= 0.3 is 11.9 Å². The van der Waals surface area contributed by atoms with Crippen molar-refractivity contribution in [3.05, 3.63) is 0 Å². The lowest BCUT2D eigenvalue weighted by molar-refractivity contribution is -0.147. The zero-order chi connectivity index (χ0) is 22.5. The van der Waals surface area contributed by atoms with E-state index >= 15 is 0 Å². The quantitative estimate of drug-likeness (QED) is 0.289. The normalized spacial score (nSPS) is 10.3. The first-order valence-electron chi connectivity index (χ1n) is 11.1. The summed E-state index contributed by atoms with van der Waals surface area (Å²) in [6.45, 7) is 6.53. The maximum Gasteiger partial charge on any atom is 0.307 e. The van der Waals surface area contributed by atoms with E-state index < -0.39 is 5.97 Å². The van der Waals surface area contributed by atoms with Crippen LogP contribution in [-0.2, 0) is 19.1 Å². The van der Waals surface area contributed by atoms with Crippen molar-refractivity contribution in [3.63, 3.8) is 0 Å².